The molecule has 0 aromatic heterocycles. The van der Waals surface area contributed by atoms with Gasteiger partial charge >= 0.3 is 5.97 Å². The molecule has 0 aliphatic heterocycles. The van der Waals surface area contributed by atoms with Crippen LogP contribution < -0.4 is 5.32 Å². The minimum atomic E-state index is -1.59. The van der Waals surface area contributed by atoms with Gasteiger partial charge in [0.25, 0.3) is 5.69 Å². The molecule has 0 radical (unpaired) electrons. The van der Waals surface area contributed by atoms with E-state index in [1.54, 1.807) is 6.92 Å². The van der Waals surface area contributed by atoms with Crippen molar-refractivity contribution >= 4 is 17.6 Å². The van der Waals surface area contributed by atoms with E-state index in [9.17, 15) is 24.8 Å². The summed E-state index contributed by atoms with van der Waals surface area (Å²) in [6.45, 7) is 2.79. The number of nitro benzene ring substituents is 1. The van der Waals surface area contributed by atoms with Crippen LogP contribution in [-0.4, -0.2) is 34.6 Å². The molecule has 2 atom stereocenters. The zero-order valence-electron chi connectivity index (χ0n) is 11.6. The van der Waals surface area contributed by atoms with Gasteiger partial charge in [0.15, 0.2) is 6.04 Å². The second-order valence-electron chi connectivity index (χ2n) is 4.19. The first-order valence-electron chi connectivity index (χ1n) is 6.23. The van der Waals surface area contributed by atoms with Crippen LogP contribution >= 0.6 is 0 Å². The second kappa shape index (κ2) is 7.34. The lowest BCUT2D eigenvalue weighted by molar-refractivity contribution is -0.386. The number of amides is 1. The maximum absolute atomic E-state index is 11.8. The number of benzene rings is 1. The van der Waals surface area contributed by atoms with E-state index in [2.05, 4.69) is 5.32 Å². The van der Waals surface area contributed by atoms with E-state index < -0.39 is 28.9 Å². The molecule has 0 saturated heterocycles. The van der Waals surface area contributed by atoms with Crippen LogP contribution in [0.1, 0.15) is 25.5 Å². The van der Waals surface area contributed by atoms with Crippen molar-refractivity contribution in [2.45, 2.75) is 26.0 Å². The van der Waals surface area contributed by atoms with E-state index >= 15 is 0 Å². The molecule has 1 rings (SSSR count). The number of hydrogen-bond donors (Lipinski definition) is 2. The number of nitrogens with one attached hydrogen (secondary N) is 1. The van der Waals surface area contributed by atoms with Gasteiger partial charge in [-0.1, -0.05) is 12.1 Å². The molecule has 0 bridgehead atoms. The fourth-order valence-electron chi connectivity index (χ4n) is 1.80. The van der Waals surface area contributed by atoms with Crippen LogP contribution in [0.4, 0.5) is 5.69 Å². The average molecular weight is 296 g/mol. The average Bonchev–Trinajstić information content (AvgIpc) is 2.44. The predicted octanol–water partition coefficient (Wildman–Crippen LogP) is 0.696. The summed E-state index contributed by atoms with van der Waals surface area (Å²) in [4.78, 5) is 33.2. The Hall–Kier alpha value is -2.48. The summed E-state index contributed by atoms with van der Waals surface area (Å²) in [7, 11) is 0. The third-order valence-corrected chi connectivity index (χ3v) is 2.67. The minimum absolute atomic E-state index is 0.0541. The van der Waals surface area contributed by atoms with Gasteiger partial charge in [0.2, 0.25) is 5.91 Å². The minimum Gasteiger partial charge on any atom is -0.464 e. The van der Waals surface area contributed by atoms with E-state index in [0.29, 0.717) is 0 Å². The van der Waals surface area contributed by atoms with Crippen molar-refractivity contribution in [2.24, 2.45) is 0 Å². The summed E-state index contributed by atoms with van der Waals surface area (Å²) in [5.41, 5.74) is -0.418. The number of carbonyl (C=O) groups is 2. The number of hydrogen-bond acceptors (Lipinski definition) is 6. The molecular formula is C13H16N2O6. The largest absolute Gasteiger partial charge is 0.464 e. The molecule has 21 heavy (non-hydrogen) atoms. The van der Waals surface area contributed by atoms with Crippen LogP contribution in [0.3, 0.4) is 0 Å². The number of nitro groups is 1. The lowest BCUT2D eigenvalue weighted by atomic mass is 10.0. The van der Waals surface area contributed by atoms with Crippen molar-refractivity contribution in [3.8, 4) is 0 Å². The van der Waals surface area contributed by atoms with Crippen molar-refractivity contribution in [1.29, 1.82) is 0 Å². The Morgan fingerprint density at radius 2 is 2.05 bits per heavy atom. The molecule has 1 amide bonds. The molecule has 0 saturated carbocycles. The zero-order chi connectivity index (χ0) is 16.0. The van der Waals surface area contributed by atoms with E-state index in [0.717, 1.165) is 0 Å². The standard InChI is InChI=1S/C13H16N2O6/c1-3-21-13(18)11(14-8(2)16)12(17)9-6-4-5-7-10(9)15(19)20/h4-7,11-12,17H,3H2,1-2H3,(H,14,16)/t11-,12-/m0/s1. The van der Waals surface area contributed by atoms with Crippen molar-refractivity contribution in [3.05, 3.63) is 39.9 Å². The number of aliphatic hydroxyl groups excluding tert-OH is 1. The van der Waals surface area contributed by atoms with Crippen LogP contribution in [0.15, 0.2) is 24.3 Å². The number of ether oxygens (including phenoxy) is 1. The number of aliphatic hydroxyl groups is 1. The van der Waals surface area contributed by atoms with Gasteiger partial charge in [-0.2, -0.15) is 0 Å². The molecule has 114 valence electrons. The summed E-state index contributed by atoms with van der Waals surface area (Å²) in [6.07, 6.45) is -1.59. The van der Waals surface area contributed by atoms with Gasteiger partial charge < -0.3 is 15.2 Å². The molecule has 0 heterocycles. The van der Waals surface area contributed by atoms with Gasteiger partial charge in [0.05, 0.1) is 17.1 Å². The highest BCUT2D eigenvalue weighted by Gasteiger charge is 2.33. The molecule has 8 heteroatoms. The first kappa shape index (κ1) is 16.6. The van der Waals surface area contributed by atoms with E-state index in [4.69, 9.17) is 4.74 Å². The van der Waals surface area contributed by atoms with Crippen LogP contribution in [0.25, 0.3) is 0 Å². The van der Waals surface area contributed by atoms with Crippen LogP contribution in [0.2, 0.25) is 0 Å². The number of esters is 1. The molecule has 1 aromatic rings. The molecule has 8 nitrogen and oxygen atoms in total. The van der Waals surface area contributed by atoms with Crippen molar-refractivity contribution in [2.75, 3.05) is 6.61 Å². The maximum atomic E-state index is 11.8. The normalized spacial score (nSPS) is 13.1. The Labute approximate surface area is 120 Å². The Balaban J connectivity index is 3.16. The lowest BCUT2D eigenvalue weighted by Crippen LogP contribution is -2.45. The quantitative estimate of drug-likeness (QED) is 0.453. The number of nitrogens with zero attached hydrogens (tertiary/aromatic N) is 1. The first-order valence-corrected chi connectivity index (χ1v) is 6.23. The third kappa shape index (κ3) is 4.25. The van der Waals surface area contributed by atoms with Crippen LogP contribution in [0, 0.1) is 10.1 Å². The molecule has 0 aliphatic rings. The summed E-state index contributed by atoms with van der Waals surface area (Å²) in [5.74, 6) is -1.43. The maximum Gasteiger partial charge on any atom is 0.331 e. The van der Waals surface area contributed by atoms with Gasteiger partial charge in [-0.3, -0.25) is 14.9 Å². The first-order chi connectivity index (χ1) is 9.88. The number of carbonyl (C=O) groups excluding carboxylic acids is 2. The molecule has 2 N–H and O–H groups in total. The monoisotopic (exact) mass is 296 g/mol. The Bertz CT molecular complexity index is 545. The van der Waals surface area contributed by atoms with Crippen molar-refractivity contribution in [1.82, 2.24) is 5.32 Å². The van der Waals surface area contributed by atoms with E-state index in [1.165, 1.54) is 31.2 Å². The van der Waals surface area contributed by atoms with Crippen molar-refractivity contribution in [3.63, 3.8) is 0 Å². The van der Waals surface area contributed by atoms with Gasteiger partial charge in [0, 0.05) is 13.0 Å². The number of para-hydroxylation sites is 1. The lowest BCUT2D eigenvalue weighted by Gasteiger charge is -2.22. The topological polar surface area (TPSA) is 119 Å². The third-order valence-electron chi connectivity index (χ3n) is 2.67. The summed E-state index contributed by atoms with van der Waals surface area (Å²) in [5, 5.41) is 23.4. The van der Waals surface area contributed by atoms with Gasteiger partial charge in [0.1, 0.15) is 6.10 Å². The van der Waals surface area contributed by atoms with E-state index in [-0.39, 0.29) is 17.9 Å². The molecule has 0 fully saturated rings. The summed E-state index contributed by atoms with van der Waals surface area (Å²) >= 11 is 0. The summed E-state index contributed by atoms with van der Waals surface area (Å²) < 4.78 is 4.76. The molecular weight excluding hydrogens is 280 g/mol. The Morgan fingerprint density at radius 1 is 1.43 bits per heavy atom. The second-order valence-corrected chi connectivity index (χ2v) is 4.19. The van der Waals surface area contributed by atoms with E-state index in [1.807, 2.05) is 0 Å². The highest BCUT2D eigenvalue weighted by Crippen LogP contribution is 2.27. The highest BCUT2D eigenvalue weighted by molar-refractivity contribution is 5.84. The number of rotatable bonds is 6. The fourth-order valence-corrected chi connectivity index (χ4v) is 1.80. The Morgan fingerprint density at radius 3 is 2.57 bits per heavy atom. The Kier molecular flexibility index (Phi) is 5.79. The van der Waals surface area contributed by atoms with Gasteiger partial charge in [-0.05, 0) is 13.0 Å². The molecule has 0 unspecified atom stereocenters. The van der Waals surface area contributed by atoms with Crippen LogP contribution in [0.5, 0.6) is 0 Å². The van der Waals surface area contributed by atoms with Crippen LogP contribution in [-0.2, 0) is 14.3 Å². The molecule has 1 aromatic carbocycles. The fraction of sp³-hybridized carbons (Fsp3) is 0.385. The predicted molar refractivity (Wildman–Crippen MR) is 72.3 cm³/mol. The summed E-state index contributed by atoms with van der Waals surface area (Å²) in [6, 6.07) is 4.03. The smallest absolute Gasteiger partial charge is 0.331 e. The van der Waals surface area contributed by atoms with Crippen molar-refractivity contribution < 1.29 is 24.4 Å². The molecule has 0 spiro atoms. The van der Waals surface area contributed by atoms with Gasteiger partial charge in [-0.25, -0.2) is 4.79 Å². The SMILES string of the molecule is CCOC(=O)[C@@H](NC(C)=O)[C@@H](O)c1ccccc1[N+](=O)[O-]. The van der Waals surface area contributed by atoms with Gasteiger partial charge in [-0.15, -0.1) is 0 Å². The highest BCUT2D eigenvalue weighted by atomic mass is 16.6. The molecule has 0 aliphatic carbocycles. The zero-order valence-corrected chi connectivity index (χ0v) is 11.6.